The Morgan fingerprint density at radius 2 is 1.19 bits per heavy atom. The minimum Gasteiger partial charge on any atom is -0.504 e. The molecule has 3 aliphatic heterocycles. The van der Waals surface area contributed by atoms with E-state index in [9.17, 15) is 66.1 Å². The second-order valence-corrected chi connectivity index (χ2v) is 12.8. The number of aliphatic hydroxyl groups is 8. The van der Waals surface area contributed by atoms with Gasteiger partial charge in [0, 0.05) is 6.08 Å². The van der Waals surface area contributed by atoms with Crippen molar-refractivity contribution in [2.24, 2.45) is 0 Å². The van der Waals surface area contributed by atoms with E-state index in [-0.39, 0.29) is 30.1 Å². The lowest BCUT2D eigenvalue weighted by molar-refractivity contribution is -0.375. The molecule has 2 aromatic carbocycles. The third-order valence-corrected chi connectivity index (χ3v) is 9.08. The van der Waals surface area contributed by atoms with Crippen LogP contribution in [0.3, 0.4) is 0 Å². The largest absolute Gasteiger partial charge is 0.504 e. The number of esters is 1. The maximum Gasteiger partial charge on any atom is 0.331 e. The summed E-state index contributed by atoms with van der Waals surface area (Å²) in [5.41, 5.74) is 0.790. The molecule has 20 heteroatoms. The van der Waals surface area contributed by atoms with Crippen molar-refractivity contribution in [3.8, 4) is 23.0 Å². The molecule has 0 aliphatic carbocycles. The van der Waals surface area contributed by atoms with Gasteiger partial charge < -0.3 is 94.4 Å². The summed E-state index contributed by atoms with van der Waals surface area (Å²) < 4.78 is 39.9. The maximum atomic E-state index is 13.1. The minimum absolute atomic E-state index is 0.125. The molecule has 0 aromatic heterocycles. The first kappa shape index (κ1) is 41.5. The smallest absolute Gasteiger partial charge is 0.331 e. The molecule has 3 heterocycles. The van der Waals surface area contributed by atoms with Crippen LogP contribution in [0.25, 0.3) is 6.08 Å². The van der Waals surface area contributed by atoms with Crippen LogP contribution < -0.4 is 0 Å². The van der Waals surface area contributed by atoms with Gasteiger partial charge in [-0.05, 0) is 47.9 Å². The second-order valence-electron chi connectivity index (χ2n) is 12.8. The fourth-order valence-corrected chi connectivity index (χ4v) is 6.07. The molecule has 0 bridgehead atoms. The van der Waals surface area contributed by atoms with Crippen LogP contribution in [-0.2, 0) is 44.4 Å². The molecule has 20 nitrogen and oxygen atoms in total. The van der Waals surface area contributed by atoms with Crippen molar-refractivity contribution in [1.82, 2.24) is 0 Å². The van der Waals surface area contributed by atoms with E-state index >= 15 is 0 Å². The first-order chi connectivity index (χ1) is 25.8. The monoisotopic (exact) mass is 772 g/mol. The van der Waals surface area contributed by atoms with Gasteiger partial charge in [0.1, 0.15) is 61.0 Å². The first-order valence-corrected chi connectivity index (χ1v) is 16.8. The normalized spacial score (nSPS) is 35.7. The van der Waals surface area contributed by atoms with Gasteiger partial charge in [-0.2, -0.15) is 0 Å². The van der Waals surface area contributed by atoms with E-state index in [1.54, 1.807) is 0 Å². The number of phenolic OH excluding ortho intramolecular Hbond substituents is 4. The number of benzene rings is 2. The lowest BCUT2D eigenvalue weighted by Crippen LogP contribution is -2.66. The van der Waals surface area contributed by atoms with E-state index in [4.69, 9.17) is 33.2 Å². The van der Waals surface area contributed by atoms with Crippen LogP contribution in [0.4, 0.5) is 0 Å². The fraction of sp³-hybridized carbons (Fsp3) is 0.559. The molecule has 5 rings (SSSR count). The number of ether oxygens (including phenoxy) is 7. The molecule has 14 atom stereocenters. The number of carbonyl (C=O) groups excluding carboxylic acids is 1. The van der Waals surface area contributed by atoms with E-state index in [1.807, 2.05) is 0 Å². The zero-order chi connectivity index (χ0) is 39.3. The summed E-state index contributed by atoms with van der Waals surface area (Å²) >= 11 is 0. The van der Waals surface area contributed by atoms with E-state index < -0.39 is 123 Å². The van der Waals surface area contributed by atoms with Gasteiger partial charge in [0.2, 0.25) is 0 Å². The number of carbonyl (C=O) groups is 1. The van der Waals surface area contributed by atoms with Gasteiger partial charge in [-0.15, -0.1) is 0 Å². The first-order valence-electron chi connectivity index (χ1n) is 16.8. The Balaban J connectivity index is 1.41. The van der Waals surface area contributed by atoms with E-state index in [0.29, 0.717) is 5.56 Å². The zero-order valence-corrected chi connectivity index (χ0v) is 28.4. The molecule has 0 amide bonds. The highest BCUT2D eigenvalue weighted by molar-refractivity contribution is 5.87. The minimum atomic E-state index is -1.94. The third kappa shape index (κ3) is 9.38. The highest BCUT2D eigenvalue weighted by atomic mass is 16.8. The molecule has 54 heavy (non-hydrogen) atoms. The Kier molecular flexibility index (Phi) is 14.0. The van der Waals surface area contributed by atoms with Crippen LogP contribution in [-0.4, -0.2) is 180 Å². The van der Waals surface area contributed by atoms with Gasteiger partial charge in [-0.1, -0.05) is 12.1 Å². The molecule has 0 spiro atoms. The summed E-state index contributed by atoms with van der Waals surface area (Å²) in [6.07, 6.45) is -21.5. The highest BCUT2D eigenvalue weighted by Gasteiger charge is 2.55. The summed E-state index contributed by atoms with van der Waals surface area (Å²) in [6.45, 7) is -2.60. The summed E-state index contributed by atoms with van der Waals surface area (Å²) in [4.78, 5) is 13.1. The van der Waals surface area contributed by atoms with Gasteiger partial charge in [0.25, 0.3) is 0 Å². The van der Waals surface area contributed by atoms with Crippen molar-refractivity contribution in [1.29, 1.82) is 0 Å². The molecular weight excluding hydrogens is 728 g/mol. The molecule has 12 N–H and O–H groups in total. The number of hydrogen-bond acceptors (Lipinski definition) is 20. The van der Waals surface area contributed by atoms with Crippen molar-refractivity contribution in [3.63, 3.8) is 0 Å². The van der Waals surface area contributed by atoms with Crippen LogP contribution in [0.1, 0.15) is 11.1 Å². The Hall–Kier alpha value is -3.71. The zero-order valence-electron chi connectivity index (χ0n) is 28.4. The molecule has 0 radical (unpaired) electrons. The lowest BCUT2D eigenvalue weighted by atomic mass is 9.96. The summed E-state index contributed by atoms with van der Waals surface area (Å²) in [7, 11) is 0. The molecule has 1 unspecified atom stereocenters. The van der Waals surface area contributed by atoms with E-state index in [2.05, 4.69) is 0 Å². The Morgan fingerprint density at radius 1 is 0.611 bits per heavy atom. The number of aliphatic hydroxyl groups excluding tert-OH is 8. The van der Waals surface area contributed by atoms with Gasteiger partial charge in [0.05, 0.1) is 26.4 Å². The third-order valence-electron chi connectivity index (χ3n) is 9.08. The number of phenols is 4. The van der Waals surface area contributed by atoms with Gasteiger partial charge in [-0.3, -0.25) is 0 Å². The number of hydrogen-bond donors (Lipinski definition) is 12. The average Bonchev–Trinajstić information content (AvgIpc) is 3.43. The predicted octanol–water partition coefficient (Wildman–Crippen LogP) is -3.58. The predicted molar refractivity (Wildman–Crippen MR) is 175 cm³/mol. The quantitative estimate of drug-likeness (QED) is 0.0502. The van der Waals surface area contributed by atoms with Crippen molar-refractivity contribution >= 4 is 12.0 Å². The maximum absolute atomic E-state index is 13.1. The van der Waals surface area contributed by atoms with Crippen molar-refractivity contribution in [3.05, 3.63) is 53.6 Å². The SMILES string of the molecule is O=C(/C=C/c1ccc(O)c(O)c1)O[C@H]1[C@H](O[C@@H]2O[C@H](CO)[C@@H](O)[C@H](O)[C@@H]2OC2O[C@H](CO)[C@@H](O)[C@@H]2O)[C@@H](O)[C@H](OCCc2ccc(O)c(O)c2)O[C@@H]1CO. The van der Waals surface area contributed by atoms with Crippen molar-refractivity contribution < 1.29 is 99.2 Å². The molecular formula is C34H44O20. The van der Waals surface area contributed by atoms with Crippen LogP contribution >= 0.6 is 0 Å². The molecule has 2 aromatic rings. The van der Waals surface area contributed by atoms with Crippen LogP contribution in [0.5, 0.6) is 23.0 Å². The molecule has 3 fully saturated rings. The van der Waals surface area contributed by atoms with Crippen molar-refractivity contribution in [2.75, 3.05) is 26.4 Å². The lowest BCUT2D eigenvalue weighted by Gasteiger charge is -2.47. The topological polar surface area (TPSA) is 324 Å². The molecule has 0 saturated carbocycles. The summed E-state index contributed by atoms with van der Waals surface area (Å²) in [6, 6.07) is 7.75. The van der Waals surface area contributed by atoms with Gasteiger partial charge in [0.15, 0.2) is 48.0 Å². The average molecular weight is 773 g/mol. The number of aromatic hydroxyl groups is 4. The van der Waals surface area contributed by atoms with Gasteiger partial charge in [-0.25, -0.2) is 4.79 Å². The second kappa shape index (κ2) is 18.3. The van der Waals surface area contributed by atoms with Crippen molar-refractivity contribution in [2.45, 2.75) is 92.4 Å². The molecule has 3 aliphatic rings. The van der Waals surface area contributed by atoms with E-state index in [0.717, 1.165) is 12.1 Å². The molecule has 300 valence electrons. The Labute approximate surface area is 306 Å². The molecule has 3 saturated heterocycles. The summed E-state index contributed by atoms with van der Waals surface area (Å²) in [5, 5.41) is 123. The van der Waals surface area contributed by atoms with Crippen LogP contribution in [0.2, 0.25) is 0 Å². The van der Waals surface area contributed by atoms with E-state index in [1.165, 1.54) is 36.4 Å². The summed E-state index contributed by atoms with van der Waals surface area (Å²) in [5.74, 6) is -2.68. The fourth-order valence-electron chi connectivity index (χ4n) is 6.07. The standard InChI is InChI=1S/C34H44O20/c35-11-20-24(43)26(45)31(54-33-27(46)25(44)21(12-36)49-33)34(50-20)53-30-28(47)32(48-8-7-15-2-5-17(39)19(41)10-15)51-22(13-37)29(30)52-23(42)6-3-14-1-4-16(38)18(40)9-14/h1-6,9-10,20-22,24-41,43-47H,7-8,11-13H2/b6-3+/t20-,21-,22-,24-,25-,26+,27+,28-,29-,30-,31+,32-,33?,34+/m1/s1. The van der Waals surface area contributed by atoms with Crippen LogP contribution in [0, 0.1) is 0 Å². The Morgan fingerprint density at radius 3 is 1.81 bits per heavy atom. The van der Waals surface area contributed by atoms with Gasteiger partial charge >= 0.3 is 5.97 Å². The van der Waals surface area contributed by atoms with Crippen LogP contribution in [0.15, 0.2) is 42.5 Å². The number of rotatable bonds is 14. The Bertz CT molecular complexity index is 1570. The highest BCUT2D eigenvalue weighted by Crippen LogP contribution is 2.35.